The SMILES string of the molecule is COC/C(=C\c1ccc(-n2cnc(C)c2)c(OC)c1)C1=NCC(c2ccc(F)cc2)N1C=O. The molecule has 1 amide bonds. The number of aliphatic imine (C=N–C) groups is 1. The van der Waals surface area contributed by atoms with Crippen molar-refractivity contribution in [2.45, 2.75) is 13.0 Å². The van der Waals surface area contributed by atoms with Crippen LogP contribution >= 0.6 is 0 Å². The molecule has 0 aliphatic carbocycles. The summed E-state index contributed by atoms with van der Waals surface area (Å²) in [4.78, 5) is 22.5. The highest BCUT2D eigenvalue weighted by Gasteiger charge is 2.30. The maximum Gasteiger partial charge on any atom is 0.215 e. The van der Waals surface area contributed by atoms with Gasteiger partial charge in [0.15, 0.2) is 0 Å². The number of aromatic nitrogens is 2. The standard InChI is InChI=1S/C25H25FN4O3/c1-17-13-29(15-28-17)22-9-4-18(11-24(22)33-3)10-20(14-32-2)25-27-12-23(30(25)16-31)19-5-7-21(26)8-6-19/h4-11,13,15-16,23H,12,14H2,1-3H3/b20-10+. The third-order valence-corrected chi connectivity index (χ3v) is 5.48. The molecule has 4 rings (SSSR count). The second-order valence-corrected chi connectivity index (χ2v) is 7.70. The maximum absolute atomic E-state index is 13.3. The summed E-state index contributed by atoms with van der Waals surface area (Å²) in [6.07, 6.45) is 6.35. The average molecular weight is 448 g/mol. The van der Waals surface area contributed by atoms with Crippen molar-refractivity contribution < 1.29 is 18.7 Å². The van der Waals surface area contributed by atoms with Crippen LogP contribution in [0.15, 0.2) is 65.6 Å². The molecule has 1 atom stereocenters. The van der Waals surface area contributed by atoms with E-state index in [1.807, 2.05) is 42.0 Å². The number of benzene rings is 2. The number of carbonyl (C=O) groups is 1. The fourth-order valence-corrected chi connectivity index (χ4v) is 3.91. The Bertz CT molecular complexity index is 1200. The van der Waals surface area contributed by atoms with Crippen LogP contribution < -0.4 is 4.74 Å². The quantitative estimate of drug-likeness (QED) is 0.489. The summed E-state index contributed by atoms with van der Waals surface area (Å²) in [5, 5.41) is 0. The minimum Gasteiger partial charge on any atom is -0.495 e. The van der Waals surface area contributed by atoms with Crippen LogP contribution in [-0.4, -0.2) is 54.1 Å². The molecule has 0 spiro atoms. The van der Waals surface area contributed by atoms with E-state index in [4.69, 9.17) is 9.47 Å². The first-order valence-electron chi connectivity index (χ1n) is 10.5. The maximum atomic E-state index is 13.3. The Kier molecular flexibility index (Phi) is 6.65. The molecule has 33 heavy (non-hydrogen) atoms. The molecule has 170 valence electrons. The molecule has 0 saturated heterocycles. The predicted octanol–water partition coefficient (Wildman–Crippen LogP) is 3.97. The molecule has 2 heterocycles. The number of hydrogen-bond donors (Lipinski definition) is 0. The van der Waals surface area contributed by atoms with Crippen LogP contribution in [0, 0.1) is 12.7 Å². The zero-order valence-corrected chi connectivity index (χ0v) is 18.7. The number of nitrogens with zero attached hydrogens (tertiary/aromatic N) is 4. The van der Waals surface area contributed by atoms with Gasteiger partial charge in [0.25, 0.3) is 0 Å². The van der Waals surface area contributed by atoms with E-state index in [-0.39, 0.29) is 18.5 Å². The molecule has 8 heteroatoms. The summed E-state index contributed by atoms with van der Waals surface area (Å²) in [5.74, 6) is 0.899. The third kappa shape index (κ3) is 4.70. The second-order valence-electron chi connectivity index (χ2n) is 7.70. The molecule has 0 saturated carbocycles. The van der Waals surface area contributed by atoms with Gasteiger partial charge in [0.2, 0.25) is 6.41 Å². The Hall–Kier alpha value is -3.78. The number of amides is 1. The molecule has 0 radical (unpaired) electrons. The van der Waals surface area contributed by atoms with Gasteiger partial charge in [-0.1, -0.05) is 18.2 Å². The topological polar surface area (TPSA) is 69.0 Å². The first-order valence-corrected chi connectivity index (χ1v) is 10.5. The minimum absolute atomic E-state index is 0.268. The predicted molar refractivity (Wildman–Crippen MR) is 124 cm³/mol. The van der Waals surface area contributed by atoms with Crippen molar-refractivity contribution in [1.29, 1.82) is 0 Å². The Morgan fingerprint density at radius 1 is 1.21 bits per heavy atom. The number of aryl methyl sites for hydroxylation is 1. The van der Waals surface area contributed by atoms with Crippen LogP contribution in [0.5, 0.6) is 5.75 Å². The zero-order valence-electron chi connectivity index (χ0n) is 18.7. The number of rotatable bonds is 8. The summed E-state index contributed by atoms with van der Waals surface area (Å²) in [5.41, 5.74) is 4.22. The monoisotopic (exact) mass is 448 g/mol. The van der Waals surface area contributed by atoms with Gasteiger partial charge in [0.05, 0.1) is 44.0 Å². The van der Waals surface area contributed by atoms with Crippen LogP contribution in [0.4, 0.5) is 4.39 Å². The van der Waals surface area contributed by atoms with Crippen molar-refractivity contribution >= 4 is 18.3 Å². The Morgan fingerprint density at radius 3 is 2.64 bits per heavy atom. The Balaban J connectivity index is 1.66. The van der Waals surface area contributed by atoms with E-state index < -0.39 is 0 Å². The van der Waals surface area contributed by atoms with Crippen molar-refractivity contribution in [3.63, 3.8) is 0 Å². The van der Waals surface area contributed by atoms with Gasteiger partial charge in [0, 0.05) is 18.9 Å². The first-order chi connectivity index (χ1) is 16.0. The van der Waals surface area contributed by atoms with Gasteiger partial charge >= 0.3 is 0 Å². The summed E-state index contributed by atoms with van der Waals surface area (Å²) in [7, 11) is 3.21. The summed E-state index contributed by atoms with van der Waals surface area (Å²) < 4.78 is 26.3. The molecule has 0 fully saturated rings. The van der Waals surface area contributed by atoms with E-state index in [0.717, 1.165) is 34.5 Å². The largest absolute Gasteiger partial charge is 0.495 e. The highest BCUT2D eigenvalue weighted by molar-refractivity contribution is 6.08. The minimum atomic E-state index is -0.321. The van der Waals surface area contributed by atoms with E-state index >= 15 is 0 Å². The number of imidazole rings is 1. The number of halogens is 1. The third-order valence-electron chi connectivity index (χ3n) is 5.48. The molecular weight excluding hydrogens is 423 g/mol. The molecule has 1 aromatic heterocycles. The Morgan fingerprint density at radius 2 is 2.00 bits per heavy atom. The van der Waals surface area contributed by atoms with E-state index in [9.17, 15) is 9.18 Å². The van der Waals surface area contributed by atoms with Crippen LogP contribution in [0.1, 0.15) is 22.9 Å². The lowest BCUT2D eigenvalue weighted by Gasteiger charge is -2.23. The highest BCUT2D eigenvalue weighted by Crippen LogP contribution is 2.30. The Labute approximate surface area is 191 Å². The molecule has 1 aliphatic rings. The number of amidine groups is 1. The van der Waals surface area contributed by atoms with Crippen LogP contribution in [0.25, 0.3) is 11.8 Å². The lowest BCUT2D eigenvalue weighted by atomic mass is 10.1. The lowest BCUT2D eigenvalue weighted by molar-refractivity contribution is -0.115. The molecule has 7 nitrogen and oxygen atoms in total. The van der Waals surface area contributed by atoms with Gasteiger partial charge in [-0.25, -0.2) is 9.37 Å². The normalized spacial score (nSPS) is 16.1. The van der Waals surface area contributed by atoms with Gasteiger partial charge < -0.3 is 14.0 Å². The van der Waals surface area contributed by atoms with E-state index in [2.05, 4.69) is 9.98 Å². The van der Waals surface area contributed by atoms with Gasteiger partial charge in [-0.05, 0) is 48.4 Å². The van der Waals surface area contributed by atoms with Crippen molar-refractivity contribution in [1.82, 2.24) is 14.5 Å². The van der Waals surface area contributed by atoms with Crippen LogP contribution in [0.2, 0.25) is 0 Å². The van der Waals surface area contributed by atoms with Gasteiger partial charge in [-0.15, -0.1) is 0 Å². The van der Waals surface area contributed by atoms with E-state index in [1.54, 1.807) is 37.6 Å². The molecule has 1 unspecified atom stereocenters. The molecule has 3 aromatic rings. The number of ether oxygens (including phenoxy) is 2. The smallest absolute Gasteiger partial charge is 0.215 e. The van der Waals surface area contributed by atoms with Crippen LogP contribution in [-0.2, 0) is 9.53 Å². The number of methoxy groups -OCH3 is 2. The highest BCUT2D eigenvalue weighted by atomic mass is 19.1. The molecule has 2 aromatic carbocycles. The van der Waals surface area contributed by atoms with Crippen molar-refractivity contribution in [2.75, 3.05) is 27.4 Å². The molecule has 0 bridgehead atoms. The van der Waals surface area contributed by atoms with E-state index in [1.165, 1.54) is 12.1 Å². The summed E-state index contributed by atoms with van der Waals surface area (Å²) in [6.45, 7) is 2.59. The fourth-order valence-electron chi connectivity index (χ4n) is 3.91. The number of carbonyl (C=O) groups excluding carboxylic acids is 1. The van der Waals surface area contributed by atoms with Gasteiger partial charge in [-0.2, -0.15) is 0 Å². The second kappa shape index (κ2) is 9.79. The van der Waals surface area contributed by atoms with Gasteiger partial charge in [-0.3, -0.25) is 14.7 Å². The number of hydrogen-bond acceptors (Lipinski definition) is 5. The van der Waals surface area contributed by atoms with Crippen molar-refractivity contribution in [3.8, 4) is 11.4 Å². The average Bonchev–Trinajstić information content (AvgIpc) is 3.45. The summed E-state index contributed by atoms with van der Waals surface area (Å²) >= 11 is 0. The lowest BCUT2D eigenvalue weighted by Crippen LogP contribution is -2.31. The molecule has 0 N–H and O–H groups in total. The van der Waals surface area contributed by atoms with Gasteiger partial charge in [0.1, 0.15) is 17.4 Å². The summed E-state index contributed by atoms with van der Waals surface area (Å²) in [6, 6.07) is 11.7. The zero-order chi connectivity index (χ0) is 23.4. The van der Waals surface area contributed by atoms with E-state index in [0.29, 0.717) is 18.1 Å². The van der Waals surface area contributed by atoms with Crippen LogP contribution in [0.3, 0.4) is 0 Å². The van der Waals surface area contributed by atoms with Crippen molar-refractivity contribution in [2.24, 2.45) is 4.99 Å². The molecule has 1 aliphatic heterocycles. The first kappa shape index (κ1) is 22.4. The fraction of sp³-hybridized carbons (Fsp3) is 0.240. The molecular formula is C25H25FN4O3. The van der Waals surface area contributed by atoms with Crippen molar-refractivity contribution in [3.05, 3.63) is 83.2 Å².